The number of nitrogens with zero attached hydrogens (tertiary/aromatic N) is 2. The number of benzene rings is 1. The van der Waals surface area contributed by atoms with Gasteiger partial charge in [-0.3, -0.25) is 19.7 Å². The van der Waals surface area contributed by atoms with Crippen molar-refractivity contribution in [3.05, 3.63) is 66.4 Å². The summed E-state index contributed by atoms with van der Waals surface area (Å²) in [5.41, 5.74) is 3.54. The minimum atomic E-state index is -0.801. The number of carbonyl (C=O) groups is 4. The Hall–Kier alpha value is -4.14. The number of aromatic nitrogens is 1. The lowest BCUT2D eigenvalue weighted by Crippen LogP contribution is -2.59. The van der Waals surface area contributed by atoms with Gasteiger partial charge in [-0.15, -0.1) is 0 Å². The van der Waals surface area contributed by atoms with Crippen LogP contribution in [0.2, 0.25) is 0 Å². The minimum absolute atomic E-state index is 0.0107. The topological polar surface area (TPSA) is 112 Å². The van der Waals surface area contributed by atoms with Crippen molar-refractivity contribution >= 4 is 29.3 Å². The number of nitrogens with one attached hydrogen (secondary N) is 3. The van der Waals surface area contributed by atoms with Gasteiger partial charge in [-0.25, -0.2) is 4.79 Å². The Morgan fingerprint density at radius 2 is 1.76 bits per heavy atom. The highest BCUT2D eigenvalue weighted by molar-refractivity contribution is 6.06. The van der Waals surface area contributed by atoms with E-state index in [1.54, 1.807) is 4.90 Å². The average molecular weight is 500 g/mol. The minimum Gasteiger partial charge on any atom is -0.349 e. The molecule has 9 heteroatoms. The third-order valence-electron chi connectivity index (χ3n) is 8.32. The fraction of sp³-hybridized carbons (Fsp3) is 0.357. The van der Waals surface area contributed by atoms with E-state index < -0.39 is 18.0 Å². The molecule has 190 valence electrons. The molecule has 3 aromatic rings. The molecule has 4 heterocycles. The third-order valence-corrected chi connectivity index (χ3v) is 8.32. The molecular weight excluding hydrogens is 470 g/mol. The van der Waals surface area contributed by atoms with Crippen molar-refractivity contribution in [2.45, 2.75) is 44.2 Å². The Labute approximate surface area is 214 Å². The number of imide groups is 1. The summed E-state index contributed by atoms with van der Waals surface area (Å²) in [4.78, 5) is 51.1. The first-order valence-corrected chi connectivity index (χ1v) is 12.8. The number of amides is 5. The van der Waals surface area contributed by atoms with E-state index in [1.165, 1.54) is 0 Å². The molecule has 0 radical (unpaired) electrons. The number of likely N-dealkylation sites (tertiary alicyclic amines) is 1. The van der Waals surface area contributed by atoms with Gasteiger partial charge in [0, 0.05) is 25.3 Å². The van der Waals surface area contributed by atoms with Gasteiger partial charge in [0.25, 0.3) is 11.8 Å². The van der Waals surface area contributed by atoms with Crippen molar-refractivity contribution in [2.24, 2.45) is 5.41 Å². The number of pyridine rings is 1. The van der Waals surface area contributed by atoms with E-state index in [2.05, 4.69) is 20.4 Å². The van der Waals surface area contributed by atoms with Gasteiger partial charge in [0.05, 0.1) is 23.2 Å². The van der Waals surface area contributed by atoms with Crippen LogP contribution in [-0.2, 0) is 9.59 Å². The number of hydrogen-bond acceptors (Lipinski definition) is 4. The number of fused-ring (bicyclic) bond motifs is 1. The second-order valence-corrected chi connectivity index (χ2v) is 10.3. The Balaban J connectivity index is 1.12. The summed E-state index contributed by atoms with van der Waals surface area (Å²) in [6, 6.07) is 16.6. The Morgan fingerprint density at radius 3 is 2.43 bits per heavy atom. The number of piperidine rings is 1. The first kappa shape index (κ1) is 23.3. The molecular formula is C28H29N5O4. The molecule has 0 bridgehead atoms. The molecule has 2 unspecified atom stereocenters. The summed E-state index contributed by atoms with van der Waals surface area (Å²) in [5, 5.41) is 7.96. The van der Waals surface area contributed by atoms with Crippen LogP contribution in [0.25, 0.3) is 16.8 Å². The predicted octanol–water partition coefficient (Wildman–Crippen LogP) is 2.71. The zero-order chi connectivity index (χ0) is 25.6. The van der Waals surface area contributed by atoms with E-state index in [0.717, 1.165) is 42.5 Å². The van der Waals surface area contributed by atoms with Crippen molar-refractivity contribution in [1.29, 1.82) is 0 Å². The molecule has 1 aliphatic carbocycles. The second kappa shape index (κ2) is 9.06. The van der Waals surface area contributed by atoms with Gasteiger partial charge in [-0.05, 0) is 54.9 Å². The van der Waals surface area contributed by atoms with Crippen LogP contribution >= 0.6 is 0 Å². The Kier molecular flexibility index (Phi) is 5.70. The highest BCUT2D eigenvalue weighted by Crippen LogP contribution is 2.49. The molecule has 2 aliphatic heterocycles. The molecule has 9 nitrogen and oxygen atoms in total. The van der Waals surface area contributed by atoms with Gasteiger partial charge in [-0.2, -0.15) is 0 Å². The summed E-state index contributed by atoms with van der Waals surface area (Å²) >= 11 is 0. The standard InChI is InChI=1S/C28H29N5O4/c34-24(17-20-26(36)31-27(37)29-20)32-14-11-28(12-15-32)10-9-23(28)30-25(35)19-16-22(18-6-2-1-3-7-18)33-13-5-4-8-21(19)33/h1-8,13,16,20,23H,9-12,14-15,17H2,(H,30,35)(H2,29,31,36,37). The lowest BCUT2D eigenvalue weighted by molar-refractivity contribution is -0.137. The van der Waals surface area contributed by atoms with Crippen LogP contribution in [0.4, 0.5) is 4.79 Å². The Bertz CT molecular complexity index is 1390. The summed E-state index contributed by atoms with van der Waals surface area (Å²) in [7, 11) is 0. The number of hydrogen-bond donors (Lipinski definition) is 3. The predicted molar refractivity (Wildman–Crippen MR) is 137 cm³/mol. The van der Waals surface area contributed by atoms with E-state index >= 15 is 0 Å². The smallest absolute Gasteiger partial charge is 0.322 e. The van der Waals surface area contributed by atoms with Crippen LogP contribution in [0.3, 0.4) is 0 Å². The van der Waals surface area contributed by atoms with Gasteiger partial charge < -0.3 is 19.9 Å². The SMILES string of the molecule is O=C1NC(=O)C(CC(=O)N2CCC3(CCC3NC(=O)c3cc(-c4ccccc4)n4ccccc34)CC2)N1. The monoisotopic (exact) mass is 499 g/mol. The summed E-state index contributed by atoms with van der Waals surface area (Å²) < 4.78 is 2.05. The van der Waals surface area contributed by atoms with Crippen molar-refractivity contribution < 1.29 is 19.2 Å². The molecule has 1 aromatic carbocycles. The third kappa shape index (κ3) is 4.14. The van der Waals surface area contributed by atoms with E-state index in [4.69, 9.17) is 0 Å². The lowest BCUT2D eigenvalue weighted by atomic mass is 9.59. The molecule has 3 N–H and O–H groups in total. The maximum Gasteiger partial charge on any atom is 0.322 e. The molecule has 5 amide bonds. The molecule has 1 saturated carbocycles. The van der Waals surface area contributed by atoms with E-state index in [-0.39, 0.29) is 29.7 Å². The van der Waals surface area contributed by atoms with Crippen LogP contribution in [0.15, 0.2) is 60.8 Å². The molecule has 3 aliphatic rings. The van der Waals surface area contributed by atoms with Crippen LogP contribution in [0, 0.1) is 5.41 Å². The quantitative estimate of drug-likeness (QED) is 0.469. The van der Waals surface area contributed by atoms with E-state index in [1.807, 2.05) is 60.8 Å². The van der Waals surface area contributed by atoms with Crippen molar-refractivity contribution in [3.63, 3.8) is 0 Å². The van der Waals surface area contributed by atoms with Gasteiger partial charge in [0.2, 0.25) is 5.91 Å². The van der Waals surface area contributed by atoms with E-state index in [9.17, 15) is 19.2 Å². The van der Waals surface area contributed by atoms with E-state index in [0.29, 0.717) is 18.7 Å². The fourth-order valence-electron chi connectivity index (χ4n) is 6.03. The summed E-state index contributed by atoms with van der Waals surface area (Å²) in [6.45, 7) is 1.17. The zero-order valence-electron chi connectivity index (χ0n) is 20.4. The van der Waals surface area contributed by atoms with Crippen molar-refractivity contribution in [1.82, 2.24) is 25.3 Å². The molecule has 37 heavy (non-hydrogen) atoms. The normalized spacial score (nSPS) is 22.4. The van der Waals surface area contributed by atoms with Gasteiger partial charge in [0.15, 0.2) is 0 Å². The highest BCUT2D eigenvalue weighted by atomic mass is 16.2. The molecule has 3 fully saturated rings. The average Bonchev–Trinajstić information content (AvgIpc) is 3.46. The van der Waals surface area contributed by atoms with Crippen LogP contribution < -0.4 is 16.0 Å². The van der Waals surface area contributed by atoms with Crippen LogP contribution in [0.5, 0.6) is 0 Å². The molecule has 1 spiro atoms. The van der Waals surface area contributed by atoms with Crippen molar-refractivity contribution in [3.8, 4) is 11.3 Å². The van der Waals surface area contributed by atoms with Gasteiger partial charge >= 0.3 is 6.03 Å². The number of urea groups is 1. The molecule has 6 rings (SSSR count). The number of carbonyl (C=O) groups excluding carboxylic acids is 4. The highest BCUT2D eigenvalue weighted by Gasteiger charge is 2.49. The number of rotatable bonds is 5. The molecule has 2 atom stereocenters. The van der Waals surface area contributed by atoms with Crippen LogP contribution in [-0.4, -0.2) is 58.2 Å². The molecule has 2 aromatic heterocycles. The van der Waals surface area contributed by atoms with Gasteiger partial charge in [-0.1, -0.05) is 36.4 Å². The first-order valence-electron chi connectivity index (χ1n) is 12.8. The maximum absolute atomic E-state index is 13.5. The van der Waals surface area contributed by atoms with Gasteiger partial charge in [0.1, 0.15) is 6.04 Å². The molecule has 2 saturated heterocycles. The Morgan fingerprint density at radius 1 is 1.00 bits per heavy atom. The lowest BCUT2D eigenvalue weighted by Gasteiger charge is -2.54. The summed E-state index contributed by atoms with van der Waals surface area (Å²) in [6.07, 6.45) is 5.50. The zero-order valence-corrected chi connectivity index (χ0v) is 20.4. The maximum atomic E-state index is 13.5. The summed E-state index contributed by atoms with van der Waals surface area (Å²) in [5.74, 6) is -0.662. The fourth-order valence-corrected chi connectivity index (χ4v) is 6.03. The van der Waals surface area contributed by atoms with Crippen molar-refractivity contribution in [2.75, 3.05) is 13.1 Å². The first-order chi connectivity index (χ1) is 17.9. The van der Waals surface area contributed by atoms with Crippen LogP contribution in [0.1, 0.15) is 42.5 Å². The second-order valence-electron chi connectivity index (χ2n) is 10.3. The largest absolute Gasteiger partial charge is 0.349 e.